The van der Waals surface area contributed by atoms with E-state index in [9.17, 15) is 0 Å². The van der Waals surface area contributed by atoms with Crippen LogP contribution in [0.15, 0.2) is 37.7 Å². The SMILES string of the molecule is Br.C.C#CC#CC#CC#CC.C#CC#CC#CC#CC#CC#CC#CC#CC.CCN(CC)CC.Cc1nc([C@@H]2CCOC2)c2c(-n3cncn3)ncnn12.Cc1nc([C@@H]2CCOC2)c2c(N3CCc4cnn(C)c4C3)ncnn12.Cn1ncc2c1CNCC2. The minimum Gasteiger partial charge on any atom is -0.381 e. The molecule has 0 amide bonds. The van der Waals surface area contributed by atoms with Crippen LogP contribution in [0.4, 0.5) is 5.82 Å². The number of nitrogens with zero attached hydrogens (tertiary/aromatic N) is 17. The first kappa shape index (κ1) is 72.0. The fraction of sp³-hybridized carbons (Fsp3) is 0.391. The van der Waals surface area contributed by atoms with Crippen LogP contribution in [0, 0.1) is 157 Å². The summed E-state index contributed by atoms with van der Waals surface area (Å²) in [4.78, 5) is 27.1. The Hall–Kier alpha value is -10.5. The number of nitrogens with one attached hydrogen (secondary N) is 1. The van der Waals surface area contributed by atoms with E-state index in [0.717, 1.165) is 112 Å². The summed E-state index contributed by atoms with van der Waals surface area (Å²) in [6.07, 6.45) is 24.0. The summed E-state index contributed by atoms with van der Waals surface area (Å²) in [6.45, 7) is 24.3. The third-order valence-electron chi connectivity index (χ3n) is 13.7. The zero-order chi connectivity index (χ0) is 62.7. The highest BCUT2D eigenvalue weighted by Gasteiger charge is 2.30. The molecule has 1 N–H and O–H groups in total. The molecule has 21 heteroatoms. The number of aryl methyl sites for hydroxylation is 4. The van der Waals surface area contributed by atoms with Crippen molar-refractivity contribution in [2.75, 3.05) is 64.1 Å². The monoisotopic (exact) mass is 1260 g/mol. The maximum atomic E-state index is 5.59. The smallest absolute Gasteiger partial charge is 0.184 e. The first-order valence-electron chi connectivity index (χ1n) is 28.5. The molecule has 11 heterocycles. The molecule has 0 aromatic carbocycles. The third-order valence-corrected chi connectivity index (χ3v) is 13.7. The lowest BCUT2D eigenvalue weighted by atomic mass is 10.0. The van der Waals surface area contributed by atoms with Crippen LogP contribution in [0.25, 0.3) is 16.9 Å². The fourth-order valence-electron chi connectivity index (χ4n) is 9.26. The Morgan fingerprint density at radius 2 is 1.04 bits per heavy atom. The van der Waals surface area contributed by atoms with Gasteiger partial charge in [-0.15, -0.1) is 29.8 Å². The van der Waals surface area contributed by atoms with Gasteiger partial charge in [0.25, 0.3) is 0 Å². The maximum Gasteiger partial charge on any atom is 0.184 e. The molecule has 0 spiro atoms. The van der Waals surface area contributed by atoms with Gasteiger partial charge in [0.05, 0.1) is 54.9 Å². The van der Waals surface area contributed by atoms with Crippen LogP contribution in [0.3, 0.4) is 0 Å². The van der Waals surface area contributed by atoms with Gasteiger partial charge in [-0.05, 0) is 209 Å². The highest BCUT2D eigenvalue weighted by Crippen LogP contribution is 2.34. The average Bonchev–Trinajstić information content (AvgIpc) is 1.62. The maximum absolute atomic E-state index is 5.59. The topological polar surface area (TPSA) is 189 Å². The van der Waals surface area contributed by atoms with Crippen LogP contribution < -0.4 is 10.2 Å². The third kappa shape index (κ3) is 21.1. The van der Waals surface area contributed by atoms with Gasteiger partial charge in [0, 0.05) is 52.2 Å². The number of hydrogen-bond acceptors (Lipinski definition) is 15. The molecule has 4 aliphatic rings. The molecule has 0 radical (unpaired) electrons. The van der Waals surface area contributed by atoms with E-state index < -0.39 is 0 Å². The minimum absolute atomic E-state index is 0. The zero-order valence-electron chi connectivity index (χ0n) is 51.7. The summed E-state index contributed by atoms with van der Waals surface area (Å²) in [6, 6.07) is 0. The molecule has 2 fully saturated rings. The lowest BCUT2D eigenvalue weighted by molar-refractivity contribution is 0.193. The van der Waals surface area contributed by atoms with E-state index in [1.54, 1.807) is 35.7 Å². The Kier molecular flexibility index (Phi) is 32.0. The number of hydrogen-bond donors (Lipinski definition) is 1. The summed E-state index contributed by atoms with van der Waals surface area (Å²) in [5, 5.41) is 24.8. The molecule has 11 rings (SSSR count). The van der Waals surface area contributed by atoms with Crippen LogP contribution in [0.1, 0.15) is 112 Å². The summed E-state index contributed by atoms with van der Waals surface area (Å²) in [5.74, 6) is 57.9. The standard InChI is InChI=1S/C17H21N7O.C17H4.C12H13N7O.C9H4.C7H11N3.C6H15N.CH4.BrH/c1-11-21-15(13-4-6-25-9-13)16-17(18-10-20-24(11)16)23-5-3-12-7-19-22(2)14(12)8-23;1-3-5-7-9-11-13-15-17-16-14-12-10-8-6-4-2;1-8-17-10(9-2-3-20-4-9)11-12(14-6-16-19(8)11)18-7-13-5-15-18;1-3-5-7-9-8-6-4-2;1-10-7-5-8-3-2-6(7)4-9-10;1-4-7(5-2)6-3;;/h7,10,13H,3-6,8-9H2,1-2H3;1H,2H3;5-7,9H,2-4H2,1H3;1H,2H3;4,8H,2-3,5H2,1H3;4-6H2,1-3H3;1H4;1H/t13-;;9-;;;;;/m1.1...../s1. The van der Waals surface area contributed by atoms with E-state index >= 15 is 0 Å². The summed E-state index contributed by atoms with van der Waals surface area (Å²) < 4.78 is 20.3. The van der Waals surface area contributed by atoms with Crippen molar-refractivity contribution in [3.05, 3.63) is 83.3 Å². The van der Waals surface area contributed by atoms with E-state index in [0.29, 0.717) is 18.3 Å². The predicted octanol–water partition coefficient (Wildman–Crippen LogP) is 5.69. The van der Waals surface area contributed by atoms with Crippen molar-refractivity contribution in [1.82, 2.24) is 83.7 Å². The number of terminal acetylenes is 2. The molecule has 4 aliphatic heterocycles. The van der Waals surface area contributed by atoms with Crippen LogP contribution in [-0.4, -0.2) is 138 Å². The minimum atomic E-state index is 0. The predicted molar refractivity (Wildman–Crippen MR) is 356 cm³/mol. The van der Waals surface area contributed by atoms with Gasteiger partial charge < -0.3 is 24.6 Å². The highest BCUT2D eigenvalue weighted by atomic mass is 79.9. The number of anilines is 1. The largest absolute Gasteiger partial charge is 0.381 e. The lowest BCUT2D eigenvalue weighted by Gasteiger charge is -2.28. The van der Waals surface area contributed by atoms with Gasteiger partial charge in [-0.3, -0.25) is 9.36 Å². The van der Waals surface area contributed by atoms with E-state index in [4.69, 9.17) is 27.3 Å². The second-order valence-electron chi connectivity index (χ2n) is 19.0. The number of halogens is 1. The van der Waals surface area contributed by atoms with E-state index in [2.05, 4.69) is 212 Å². The normalized spacial score (nSPS) is 13.6. The summed E-state index contributed by atoms with van der Waals surface area (Å²) in [5.41, 5.74) is 9.29. The number of fused-ring (bicyclic) bond motifs is 4. The molecule has 7 aromatic heterocycles. The van der Waals surface area contributed by atoms with Gasteiger partial charge in [0.2, 0.25) is 0 Å². The van der Waals surface area contributed by atoms with Crippen molar-refractivity contribution >= 4 is 33.8 Å². The van der Waals surface area contributed by atoms with E-state index in [1.165, 1.54) is 54.8 Å². The molecule has 20 nitrogen and oxygen atoms in total. The molecule has 2 atom stereocenters. The molecule has 0 aliphatic carbocycles. The fourth-order valence-corrected chi connectivity index (χ4v) is 9.26. The molecular weight excluding hydrogens is 1190 g/mol. The first-order valence-corrected chi connectivity index (χ1v) is 28.5. The van der Waals surface area contributed by atoms with Gasteiger partial charge in [0.15, 0.2) is 11.6 Å². The number of ether oxygens (including phenoxy) is 2. The quantitative estimate of drug-likeness (QED) is 0.192. The summed E-state index contributed by atoms with van der Waals surface area (Å²) >= 11 is 0. The van der Waals surface area contributed by atoms with Gasteiger partial charge in [-0.2, -0.15) is 25.5 Å². The zero-order valence-corrected chi connectivity index (χ0v) is 53.4. The Balaban J connectivity index is 0.000000242. The molecule has 7 aromatic rings. The van der Waals surface area contributed by atoms with Gasteiger partial charge in [-0.1, -0.05) is 40.0 Å². The Morgan fingerprint density at radius 3 is 1.47 bits per heavy atom. The molecule has 90 heavy (non-hydrogen) atoms. The molecular formula is C69H73BrN18O2. The van der Waals surface area contributed by atoms with E-state index in [1.807, 2.05) is 54.2 Å². The van der Waals surface area contributed by atoms with Gasteiger partial charge in [-0.25, -0.2) is 38.6 Å². The Morgan fingerprint density at radius 1 is 0.589 bits per heavy atom. The van der Waals surface area contributed by atoms with Crippen LogP contribution >= 0.6 is 17.0 Å². The van der Waals surface area contributed by atoms with Crippen LogP contribution in [-0.2, 0) is 49.5 Å². The number of aromatic nitrogens is 15. The van der Waals surface area contributed by atoms with E-state index in [-0.39, 0.29) is 30.3 Å². The van der Waals surface area contributed by atoms with Crippen molar-refractivity contribution in [1.29, 1.82) is 0 Å². The number of imidazole rings is 2. The Bertz CT molecular complexity index is 4260. The Labute approximate surface area is 541 Å². The van der Waals surface area contributed by atoms with Crippen molar-refractivity contribution in [3.63, 3.8) is 0 Å². The molecule has 2 saturated heterocycles. The van der Waals surface area contributed by atoms with Gasteiger partial charge in [0.1, 0.15) is 48.0 Å². The molecule has 0 saturated carbocycles. The lowest BCUT2D eigenvalue weighted by Crippen LogP contribution is -2.32. The second kappa shape index (κ2) is 40.1. The second-order valence-corrected chi connectivity index (χ2v) is 19.0. The van der Waals surface area contributed by atoms with Crippen molar-refractivity contribution in [3.8, 4) is 149 Å². The molecule has 0 unspecified atom stereocenters. The van der Waals surface area contributed by atoms with Crippen LogP contribution in [0.5, 0.6) is 0 Å². The first-order chi connectivity index (χ1) is 43.1. The van der Waals surface area contributed by atoms with Crippen molar-refractivity contribution in [2.45, 2.75) is 107 Å². The average molecular weight is 1270 g/mol. The van der Waals surface area contributed by atoms with Crippen LogP contribution in [0.2, 0.25) is 0 Å². The van der Waals surface area contributed by atoms with Crippen molar-refractivity contribution in [2.24, 2.45) is 14.1 Å². The molecule has 458 valence electrons. The number of rotatable bonds is 7. The van der Waals surface area contributed by atoms with Gasteiger partial charge >= 0.3 is 0 Å². The van der Waals surface area contributed by atoms with Crippen molar-refractivity contribution < 1.29 is 9.47 Å². The molecule has 0 bridgehead atoms. The summed E-state index contributed by atoms with van der Waals surface area (Å²) in [7, 11) is 3.99. The highest BCUT2D eigenvalue weighted by molar-refractivity contribution is 8.93.